The van der Waals surface area contributed by atoms with E-state index in [1.165, 1.54) is 24.3 Å². The van der Waals surface area contributed by atoms with Crippen molar-refractivity contribution >= 4 is 34.4 Å². The second kappa shape index (κ2) is 8.40. The lowest BCUT2D eigenvalue weighted by atomic mass is 10.1. The molecule has 0 N–H and O–H groups in total. The van der Waals surface area contributed by atoms with E-state index in [1.807, 2.05) is 4.90 Å². The van der Waals surface area contributed by atoms with Crippen molar-refractivity contribution in [3.8, 4) is 11.8 Å². The van der Waals surface area contributed by atoms with E-state index in [2.05, 4.69) is 44.4 Å². The summed E-state index contributed by atoms with van der Waals surface area (Å²) in [6.07, 6.45) is 0.867. The topological polar surface area (TPSA) is 49.3 Å². The van der Waals surface area contributed by atoms with Gasteiger partial charge in [-0.2, -0.15) is 0 Å². The van der Waals surface area contributed by atoms with Crippen LogP contribution in [0.2, 0.25) is 0 Å². The van der Waals surface area contributed by atoms with Gasteiger partial charge >= 0.3 is 0 Å². The second-order valence-corrected chi connectivity index (χ2v) is 7.04. The maximum Gasteiger partial charge on any atom is 0.298 e. The number of piperazine rings is 1. The van der Waals surface area contributed by atoms with Gasteiger partial charge in [-0.25, -0.2) is 18.7 Å². The van der Waals surface area contributed by atoms with Gasteiger partial charge in [0.1, 0.15) is 4.05 Å². The predicted molar refractivity (Wildman–Crippen MR) is 102 cm³/mol. The molecular formula is C18H15F2IN4O. The van der Waals surface area contributed by atoms with Gasteiger partial charge in [-0.3, -0.25) is 4.79 Å². The van der Waals surface area contributed by atoms with Crippen LogP contribution in [0, 0.1) is 11.8 Å². The summed E-state index contributed by atoms with van der Waals surface area (Å²) in [7, 11) is 0. The maximum atomic E-state index is 12.5. The van der Waals surface area contributed by atoms with Crippen molar-refractivity contribution in [2.24, 2.45) is 0 Å². The van der Waals surface area contributed by atoms with Gasteiger partial charge in [0.2, 0.25) is 5.95 Å². The normalized spacial score (nSPS) is 17.0. The van der Waals surface area contributed by atoms with Gasteiger partial charge in [-0.1, -0.05) is 40.6 Å². The first-order chi connectivity index (χ1) is 12.5. The molecule has 0 spiro atoms. The van der Waals surface area contributed by atoms with Crippen molar-refractivity contribution in [3.05, 3.63) is 53.9 Å². The lowest BCUT2D eigenvalue weighted by Crippen LogP contribution is -2.52. The van der Waals surface area contributed by atoms with E-state index >= 15 is 0 Å². The zero-order valence-electron chi connectivity index (χ0n) is 13.6. The molecule has 5 nitrogen and oxygen atoms in total. The molecule has 0 bridgehead atoms. The summed E-state index contributed by atoms with van der Waals surface area (Å²) in [5.74, 6) is 5.69. The van der Waals surface area contributed by atoms with Crippen molar-refractivity contribution in [3.63, 3.8) is 0 Å². The zero-order valence-corrected chi connectivity index (χ0v) is 15.8. The molecule has 1 amide bonds. The van der Waals surface area contributed by atoms with Crippen LogP contribution in [-0.4, -0.2) is 44.5 Å². The molecule has 8 heteroatoms. The third-order valence-corrected chi connectivity index (χ3v) is 4.96. The summed E-state index contributed by atoms with van der Waals surface area (Å²) in [5.41, 5.74) is 0.471. The van der Waals surface area contributed by atoms with Crippen LogP contribution in [0.4, 0.5) is 14.7 Å². The molecular weight excluding hydrogens is 453 g/mol. The number of carbonyl (C=O) groups is 1. The number of carbonyl (C=O) groups excluding carboxylic acids is 1. The quantitative estimate of drug-likeness (QED) is 0.295. The predicted octanol–water partition coefficient (Wildman–Crippen LogP) is 2.88. The molecule has 0 aliphatic carbocycles. The Morgan fingerprint density at radius 2 is 1.88 bits per heavy atom. The van der Waals surface area contributed by atoms with E-state index in [1.54, 1.807) is 23.4 Å². The Hall–Kier alpha value is -2.28. The molecule has 3 rings (SSSR count). The molecule has 26 heavy (non-hydrogen) atoms. The lowest BCUT2D eigenvalue weighted by Gasteiger charge is -2.37. The number of anilines is 1. The number of alkyl halides is 3. The number of hydrogen-bond acceptors (Lipinski definition) is 4. The first-order valence-electron chi connectivity index (χ1n) is 7.91. The van der Waals surface area contributed by atoms with Gasteiger partial charge in [0.15, 0.2) is 0 Å². The van der Waals surface area contributed by atoms with Crippen LogP contribution >= 0.6 is 22.6 Å². The summed E-state index contributed by atoms with van der Waals surface area (Å²) in [6, 6.07) is 7.38. The highest BCUT2D eigenvalue weighted by Gasteiger charge is 2.28. The summed E-state index contributed by atoms with van der Waals surface area (Å²) < 4.78 is 25.1. The third-order valence-electron chi connectivity index (χ3n) is 3.89. The molecule has 1 aromatic heterocycles. The van der Waals surface area contributed by atoms with E-state index in [4.69, 9.17) is 0 Å². The average molecular weight is 468 g/mol. The van der Waals surface area contributed by atoms with E-state index < -0.39 is 6.43 Å². The molecule has 1 aliphatic rings. The van der Waals surface area contributed by atoms with Gasteiger partial charge in [-0.05, 0) is 18.2 Å². The lowest BCUT2D eigenvalue weighted by molar-refractivity contribution is -0.125. The van der Waals surface area contributed by atoms with Crippen LogP contribution in [0.15, 0.2) is 42.7 Å². The van der Waals surface area contributed by atoms with Crippen LogP contribution in [0.5, 0.6) is 0 Å². The minimum absolute atomic E-state index is 0.0415. The third kappa shape index (κ3) is 4.46. The molecule has 1 atom stereocenters. The first kappa shape index (κ1) is 18.5. The molecule has 0 radical (unpaired) electrons. The smallest absolute Gasteiger partial charge is 0.298 e. The fourth-order valence-corrected chi connectivity index (χ4v) is 3.51. The average Bonchev–Trinajstić information content (AvgIpc) is 2.67. The number of halogens is 3. The molecule has 1 saturated heterocycles. The van der Waals surface area contributed by atoms with Crippen molar-refractivity contribution in [1.82, 2.24) is 14.9 Å². The monoisotopic (exact) mass is 468 g/mol. The summed E-state index contributed by atoms with van der Waals surface area (Å²) in [6.45, 7) is 1.65. The Morgan fingerprint density at radius 3 is 2.50 bits per heavy atom. The summed E-state index contributed by atoms with van der Waals surface area (Å²) in [4.78, 5) is 24.5. The maximum absolute atomic E-state index is 12.5. The van der Waals surface area contributed by atoms with Crippen molar-refractivity contribution in [1.29, 1.82) is 0 Å². The van der Waals surface area contributed by atoms with Gasteiger partial charge in [0.25, 0.3) is 12.3 Å². The Labute approximate surface area is 163 Å². The molecule has 0 saturated carbocycles. The highest BCUT2D eigenvalue weighted by atomic mass is 127. The molecule has 1 unspecified atom stereocenters. The summed E-state index contributed by atoms with van der Waals surface area (Å²) in [5, 5.41) is 0. The minimum Gasteiger partial charge on any atom is -0.327 e. The van der Waals surface area contributed by atoms with Crippen LogP contribution in [0.3, 0.4) is 0 Å². The second-order valence-electron chi connectivity index (χ2n) is 5.60. The standard InChI is InChI=1S/C18H15F2IN4O/c19-17(20)14-5-2-13(3-6-14)4-7-16(26)24-10-11-25(15(21)12-24)18-22-8-1-9-23-18/h1-3,5-6,8-9,15,17H,10-12H2. The molecule has 2 heterocycles. The SMILES string of the molecule is O=C(C#Cc1ccc(C(F)F)cc1)N1CCN(c2ncccn2)C(I)C1. The molecule has 134 valence electrons. The van der Waals surface area contributed by atoms with E-state index in [9.17, 15) is 13.6 Å². The number of hydrogen-bond donors (Lipinski definition) is 0. The Morgan fingerprint density at radius 1 is 1.19 bits per heavy atom. The fraction of sp³-hybridized carbons (Fsp3) is 0.278. The Kier molecular flexibility index (Phi) is 5.98. The van der Waals surface area contributed by atoms with Crippen LogP contribution < -0.4 is 4.90 Å². The number of benzene rings is 1. The molecule has 2 aromatic rings. The number of amides is 1. The highest BCUT2D eigenvalue weighted by molar-refractivity contribution is 14.1. The van der Waals surface area contributed by atoms with Crippen LogP contribution in [0.1, 0.15) is 17.6 Å². The van der Waals surface area contributed by atoms with Crippen LogP contribution in [0.25, 0.3) is 0 Å². The molecule has 1 aliphatic heterocycles. The zero-order chi connectivity index (χ0) is 18.5. The van der Waals surface area contributed by atoms with E-state index in [0.29, 0.717) is 31.1 Å². The van der Waals surface area contributed by atoms with Gasteiger partial charge in [0.05, 0.1) is 6.54 Å². The van der Waals surface area contributed by atoms with Gasteiger partial charge in [0, 0.05) is 42.5 Å². The van der Waals surface area contributed by atoms with Crippen molar-refractivity contribution < 1.29 is 13.6 Å². The van der Waals surface area contributed by atoms with E-state index in [0.717, 1.165) is 0 Å². The number of aromatic nitrogens is 2. The van der Waals surface area contributed by atoms with Crippen LogP contribution in [-0.2, 0) is 4.79 Å². The van der Waals surface area contributed by atoms with Crippen molar-refractivity contribution in [2.75, 3.05) is 24.5 Å². The Bertz CT molecular complexity index is 821. The first-order valence-corrected chi connectivity index (χ1v) is 9.16. The summed E-state index contributed by atoms with van der Waals surface area (Å²) >= 11 is 2.25. The minimum atomic E-state index is -2.51. The van der Waals surface area contributed by atoms with Crippen molar-refractivity contribution in [2.45, 2.75) is 10.5 Å². The highest BCUT2D eigenvalue weighted by Crippen LogP contribution is 2.20. The number of rotatable bonds is 2. The molecule has 1 aromatic carbocycles. The Balaban J connectivity index is 1.62. The van der Waals surface area contributed by atoms with E-state index in [-0.39, 0.29) is 15.5 Å². The molecule has 1 fully saturated rings. The number of nitrogens with zero attached hydrogens (tertiary/aromatic N) is 4. The van der Waals surface area contributed by atoms with Gasteiger partial charge < -0.3 is 9.80 Å². The largest absolute Gasteiger partial charge is 0.327 e. The fourth-order valence-electron chi connectivity index (χ4n) is 2.51. The van der Waals surface area contributed by atoms with Gasteiger partial charge in [-0.15, -0.1) is 0 Å².